The van der Waals surface area contributed by atoms with Gasteiger partial charge in [0.05, 0.1) is 0 Å². The number of rotatable bonds is 6. The van der Waals surface area contributed by atoms with Crippen LogP contribution in [0.25, 0.3) is 0 Å². The Morgan fingerprint density at radius 2 is 1.96 bits per heavy atom. The molecule has 0 amide bonds. The molecule has 1 N–H and O–H groups in total. The molecule has 0 atom stereocenters. The molecule has 0 unspecified atom stereocenters. The van der Waals surface area contributed by atoms with E-state index in [1.54, 1.807) is 17.8 Å². The predicted octanol–water partition coefficient (Wildman–Crippen LogP) is 2.73. The maximum atomic E-state index is 11.1. The summed E-state index contributed by atoms with van der Waals surface area (Å²) in [4.78, 5) is 25.2. The van der Waals surface area contributed by atoms with E-state index in [-0.39, 0.29) is 5.56 Å². The van der Waals surface area contributed by atoms with E-state index >= 15 is 0 Å². The second-order valence-corrected chi connectivity index (χ2v) is 7.52. The summed E-state index contributed by atoms with van der Waals surface area (Å²) in [5, 5.41) is 0.862. The van der Waals surface area contributed by atoms with Crippen LogP contribution in [0.5, 0.6) is 0 Å². The SMILES string of the molecule is CCSc1ncc(CN2CCC(Cc3ccc(=O)[nH]c3)CC2)cn1. The second-order valence-electron chi connectivity index (χ2n) is 6.29. The molecule has 3 rings (SSSR count). The van der Waals surface area contributed by atoms with Crippen LogP contribution < -0.4 is 5.56 Å². The van der Waals surface area contributed by atoms with E-state index in [2.05, 4.69) is 26.8 Å². The standard InChI is InChI=1S/C18H24N4OS/c1-2-24-18-20-11-16(12-21-18)13-22-7-5-14(6-8-22)9-15-3-4-17(23)19-10-15/h3-4,10-12,14H,2,5-9,13H2,1H3,(H,19,23). The van der Waals surface area contributed by atoms with Gasteiger partial charge < -0.3 is 4.98 Å². The first-order chi connectivity index (χ1) is 11.7. The van der Waals surface area contributed by atoms with Gasteiger partial charge in [0.1, 0.15) is 0 Å². The van der Waals surface area contributed by atoms with Crippen molar-refractivity contribution < 1.29 is 0 Å². The number of aromatic amines is 1. The number of H-pyrrole nitrogens is 1. The van der Waals surface area contributed by atoms with Crippen LogP contribution in [-0.2, 0) is 13.0 Å². The molecule has 1 aliphatic heterocycles. The second kappa shape index (κ2) is 8.44. The van der Waals surface area contributed by atoms with Gasteiger partial charge in [0.2, 0.25) is 5.56 Å². The summed E-state index contributed by atoms with van der Waals surface area (Å²) >= 11 is 1.67. The molecule has 0 aliphatic carbocycles. The fourth-order valence-electron chi connectivity index (χ4n) is 3.14. The molecule has 2 aromatic heterocycles. The van der Waals surface area contributed by atoms with Crippen LogP contribution in [0.3, 0.4) is 0 Å². The Bertz CT molecular complexity index is 672. The smallest absolute Gasteiger partial charge is 0.247 e. The molecule has 1 saturated heterocycles. The number of hydrogen-bond acceptors (Lipinski definition) is 5. The molecule has 0 spiro atoms. The largest absolute Gasteiger partial charge is 0.329 e. The van der Waals surface area contributed by atoms with Crippen LogP contribution in [0.15, 0.2) is 40.7 Å². The zero-order valence-electron chi connectivity index (χ0n) is 14.1. The Morgan fingerprint density at radius 3 is 2.58 bits per heavy atom. The van der Waals surface area contributed by atoms with Gasteiger partial charge in [-0.3, -0.25) is 9.69 Å². The molecule has 2 aromatic rings. The number of piperidine rings is 1. The average molecular weight is 344 g/mol. The van der Waals surface area contributed by atoms with E-state index in [4.69, 9.17) is 0 Å². The van der Waals surface area contributed by atoms with E-state index < -0.39 is 0 Å². The third kappa shape index (κ3) is 4.92. The number of nitrogens with one attached hydrogen (secondary N) is 1. The summed E-state index contributed by atoms with van der Waals surface area (Å²) in [5.41, 5.74) is 2.39. The fraction of sp³-hybridized carbons (Fsp3) is 0.500. The van der Waals surface area contributed by atoms with Gasteiger partial charge in [-0.15, -0.1) is 0 Å². The van der Waals surface area contributed by atoms with Crippen molar-refractivity contribution in [3.05, 3.63) is 52.2 Å². The highest BCUT2D eigenvalue weighted by Crippen LogP contribution is 2.22. The zero-order chi connectivity index (χ0) is 16.8. The third-order valence-electron chi connectivity index (χ3n) is 4.44. The quantitative estimate of drug-likeness (QED) is 0.645. The van der Waals surface area contributed by atoms with Crippen molar-refractivity contribution in [2.75, 3.05) is 18.8 Å². The first-order valence-corrected chi connectivity index (χ1v) is 9.55. The van der Waals surface area contributed by atoms with E-state index in [0.717, 1.165) is 37.0 Å². The lowest BCUT2D eigenvalue weighted by atomic mass is 9.90. The minimum Gasteiger partial charge on any atom is -0.329 e. The van der Waals surface area contributed by atoms with Crippen LogP contribution >= 0.6 is 11.8 Å². The molecule has 3 heterocycles. The highest BCUT2D eigenvalue weighted by atomic mass is 32.2. The normalized spacial score (nSPS) is 16.4. The summed E-state index contributed by atoms with van der Waals surface area (Å²) in [5.74, 6) is 1.70. The van der Waals surface area contributed by atoms with Crippen molar-refractivity contribution in [2.45, 2.75) is 37.9 Å². The molecule has 0 aromatic carbocycles. The van der Waals surface area contributed by atoms with Crippen molar-refractivity contribution in [2.24, 2.45) is 5.92 Å². The predicted molar refractivity (Wildman–Crippen MR) is 97.2 cm³/mol. The van der Waals surface area contributed by atoms with Gasteiger partial charge in [0.15, 0.2) is 5.16 Å². The van der Waals surface area contributed by atoms with Gasteiger partial charge in [0.25, 0.3) is 0 Å². The summed E-state index contributed by atoms with van der Waals surface area (Å²) < 4.78 is 0. The summed E-state index contributed by atoms with van der Waals surface area (Å²) in [6.07, 6.45) is 9.21. The van der Waals surface area contributed by atoms with Crippen LogP contribution in [-0.4, -0.2) is 38.7 Å². The maximum Gasteiger partial charge on any atom is 0.247 e. The van der Waals surface area contributed by atoms with Crippen LogP contribution in [0, 0.1) is 5.92 Å². The van der Waals surface area contributed by atoms with E-state index in [1.165, 1.54) is 24.0 Å². The first kappa shape index (κ1) is 17.2. The molecule has 0 radical (unpaired) electrons. The van der Waals surface area contributed by atoms with Crippen LogP contribution in [0.1, 0.15) is 30.9 Å². The highest BCUT2D eigenvalue weighted by Gasteiger charge is 2.19. The maximum absolute atomic E-state index is 11.1. The molecule has 0 bridgehead atoms. The topological polar surface area (TPSA) is 61.9 Å². The minimum atomic E-state index is -0.0286. The van der Waals surface area contributed by atoms with Crippen molar-refractivity contribution in [1.29, 1.82) is 0 Å². The molecular weight excluding hydrogens is 320 g/mol. The van der Waals surface area contributed by atoms with Gasteiger partial charge in [0, 0.05) is 36.8 Å². The van der Waals surface area contributed by atoms with E-state index in [9.17, 15) is 4.79 Å². The molecule has 6 heteroatoms. The van der Waals surface area contributed by atoms with Crippen LogP contribution in [0.4, 0.5) is 0 Å². The lowest BCUT2D eigenvalue weighted by Crippen LogP contribution is -2.34. The number of thioether (sulfide) groups is 1. The molecule has 128 valence electrons. The average Bonchev–Trinajstić information content (AvgIpc) is 2.61. The third-order valence-corrected chi connectivity index (χ3v) is 5.20. The molecule has 5 nitrogen and oxygen atoms in total. The fourth-order valence-corrected chi connectivity index (χ4v) is 3.65. The van der Waals surface area contributed by atoms with Crippen LogP contribution in [0.2, 0.25) is 0 Å². The van der Waals surface area contributed by atoms with Gasteiger partial charge in [-0.05, 0) is 49.6 Å². The van der Waals surface area contributed by atoms with Crippen molar-refractivity contribution in [1.82, 2.24) is 19.9 Å². The summed E-state index contributed by atoms with van der Waals surface area (Å²) in [6.45, 7) is 5.26. The molecule has 0 saturated carbocycles. The molecular formula is C18H24N4OS. The monoisotopic (exact) mass is 344 g/mol. The molecule has 24 heavy (non-hydrogen) atoms. The number of likely N-dealkylation sites (tertiary alicyclic amines) is 1. The highest BCUT2D eigenvalue weighted by molar-refractivity contribution is 7.99. The van der Waals surface area contributed by atoms with Gasteiger partial charge in [-0.25, -0.2) is 9.97 Å². The van der Waals surface area contributed by atoms with E-state index in [1.807, 2.05) is 24.7 Å². The number of aromatic nitrogens is 3. The van der Waals surface area contributed by atoms with E-state index in [0.29, 0.717) is 5.92 Å². The Balaban J connectivity index is 1.46. The van der Waals surface area contributed by atoms with Gasteiger partial charge in [-0.2, -0.15) is 0 Å². The number of nitrogens with zero attached hydrogens (tertiary/aromatic N) is 3. The molecule has 1 aliphatic rings. The van der Waals surface area contributed by atoms with Gasteiger partial charge in [-0.1, -0.05) is 24.8 Å². The lowest BCUT2D eigenvalue weighted by Gasteiger charge is -2.31. The Morgan fingerprint density at radius 1 is 1.21 bits per heavy atom. The number of pyridine rings is 1. The summed E-state index contributed by atoms with van der Waals surface area (Å²) in [7, 11) is 0. The van der Waals surface area contributed by atoms with Crippen molar-refractivity contribution >= 4 is 11.8 Å². The van der Waals surface area contributed by atoms with Crippen molar-refractivity contribution in [3.63, 3.8) is 0 Å². The number of hydrogen-bond donors (Lipinski definition) is 1. The van der Waals surface area contributed by atoms with Gasteiger partial charge >= 0.3 is 0 Å². The van der Waals surface area contributed by atoms with Crippen molar-refractivity contribution in [3.8, 4) is 0 Å². The lowest BCUT2D eigenvalue weighted by molar-refractivity contribution is 0.176. The zero-order valence-corrected chi connectivity index (χ0v) is 14.9. The Hall–Kier alpha value is -1.66. The minimum absolute atomic E-state index is 0.0286. The molecule has 1 fully saturated rings. The summed E-state index contributed by atoms with van der Waals surface area (Å²) in [6, 6.07) is 3.56. The Kier molecular flexibility index (Phi) is 6.04. The Labute approximate surface area is 146 Å². The first-order valence-electron chi connectivity index (χ1n) is 8.56.